The molecule has 1 unspecified atom stereocenters. The van der Waals surface area contributed by atoms with Crippen molar-refractivity contribution in [2.24, 2.45) is 0 Å². The molecule has 0 bridgehead atoms. The molecule has 0 aromatic heterocycles. The quantitative estimate of drug-likeness (QED) is 0.784. The molecule has 146 valence electrons. The number of anilines is 1. The molecular formula is C21H27ClN2O3. The van der Waals surface area contributed by atoms with Crippen molar-refractivity contribution in [1.29, 1.82) is 0 Å². The molecule has 27 heavy (non-hydrogen) atoms. The molecule has 2 aromatic rings. The van der Waals surface area contributed by atoms with E-state index >= 15 is 0 Å². The van der Waals surface area contributed by atoms with Crippen LogP contribution in [0.5, 0.6) is 5.75 Å². The minimum atomic E-state index is -0.0327. The second-order valence-electron chi connectivity index (χ2n) is 6.04. The summed E-state index contributed by atoms with van der Waals surface area (Å²) in [6.07, 6.45) is 0.877. The Hall–Kier alpha value is -2.24. The van der Waals surface area contributed by atoms with Gasteiger partial charge in [-0.15, -0.1) is 0 Å². The highest BCUT2D eigenvalue weighted by Gasteiger charge is 2.26. The van der Waals surface area contributed by atoms with Crippen LogP contribution in [0.25, 0.3) is 0 Å². The largest absolute Gasteiger partial charge is 0.484 e. The molecule has 6 heteroatoms. The molecule has 2 aromatic carbocycles. The Balaban J connectivity index is 0.00000126. The van der Waals surface area contributed by atoms with E-state index in [9.17, 15) is 4.79 Å². The SMILES string of the molecule is CC.O=C(COc1ccc(CO)cc1)N1CCC(Nc2ccccc2Cl)C1. The van der Waals surface area contributed by atoms with Crippen LogP contribution in [0.3, 0.4) is 0 Å². The molecule has 0 aliphatic carbocycles. The first-order valence-corrected chi connectivity index (χ1v) is 9.65. The van der Waals surface area contributed by atoms with E-state index in [1.807, 2.05) is 38.1 Å². The van der Waals surface area contributed by atoms with Gasteiger partial charge in [0, 0.05) is 19.1 Å². The molecule has 1 fully saturated rings. The summed E-state index contributed by atoms with van der Waals surface area (Å²) in [4.78, 5) is 14.1. The second-order valence-corrected chi connectivity index (χ2v) is 6.45. The second kappa shape index (κ2) is 10.8. The Morgan fingerprint density at radius 2 is 1.93 bits per heavy atom. The van der Waals surface area contributed by atoms with E-state index in [1.54, 1.807) is 29.2 Å². The first-order valence-electron chi connectivity index (χ1n) is 9.27. The third-order valence-electron chi connectivity index (χ3n) is 4.24. The van der Waals surface area contributed by atoms with Gasteiger partial charge in [-0.25, -0.2) is 0 Å². The lowest BCUT2D eigenvalue weighted by Gasteiger charge is -2.18. The molecule has 2 N–H and O–H groups in total. The van der Waals surface area contributed by atoms with Crippen molar-refractivity contribution in [3.05, 3.63) is 59.1 Å². The fraction of sp³-hybridized carbons (Fsp3) is 0.381. The number of aliphatic hydroxyl groups is 1. The van der Waals surface area contributed by atoms with Gasteiger partial charge in [-0.2, -0.15) is 0 Å². The van der Waals surface area contributed by atoms with Crippen LogP contribution >= 0.6 is 11.6 Å². The summed E-state index contributed by atoms with van der Waals surface area (Å²) in [6, 6.07) is 14.9. The lowest BCUT2D eigenvalue weighted by Crippen LogP contribution is -2.35. The van der Waals surface area contributed by atoms with Crippen LogP contribution in [0.4, 0.5) is 5.69 Å². The molecule has 1 saturated heterocycles. The van der Waals surface area contributed by atoms with Crippen LogP contribution in [0.2, 0.25) is 5.02 Å². The van der Waals surface area contributed by atoms with E-state index in [1.165, 1.54) is 0 Å². The Morgan fingerprint density at radius 1 is 1.22 bits per heavy atom. The van der Waals surface area contributed by atoms with Crippen molar-refractivity contribution >= 4 is 23.2 Å². The van der Waals surface area contributed by atoms with E-state index in [4.69, 9.17) is 21.4 Å². The van der Waals surface area contributed by atoms with Gasteiger partial charge in [0.1, 0.15) is 5.75 Å². The molecule has 0 radical (unpaired) electrons. The Kier molecular flexibility index (Phi) is 8.43. The number of halogens is 1. The number of likely N-dealkylation sites (tertiary alicyclic amines) is 1. The van der Waals surface area contributed by atoms with Gasteiger partial charge in [0.2, 0.25) is 0 Å². The average Bonchev–Trinajstić information content (AvgIpc) is 3.18. The van der Waals surface area contributed by atoms with Gasteiger partial charge in [-0.3, -0.25) is 4.79 Å². The summed E-state index contributed by atoms with van der Waals surface area (Å²) in [7, 11) is 0. The normalized spacial score (nSPS) is 15.7. The first-order chi connectivity index (χ1) is 13.2. The summed E-state index contributed by atoms with van der Waals surface area (Å²) in [5, 5.41) is 13.1. The third kappa shape index (κ3) is 6.15. The number of rotatable bonds is 6. The number of ether oxygens (including phenoxy) is 1. The van der Waals surface area contributed by atoms with E-state index < -0.39 is 0 Å². The number of carbonyl (C=O) groups excluding carboxylic acids is 1. The molecule has 1 heterocycles. The monoisotopic (exact) mass is 390 g/mol. The van der Waals surface area contributed by atoms with Crippen LogP contribution < -0.4 is 10.1 Å². The number of para-hydroxylation sites is 1. The van der Waals surface area contributed by atoms with Gasteiger partial charge in [0.15, 0.2) is 6.61 Å². The van der Waals surface area contributed by atoms with E-state index in [-0.39, 0.29) is 25.2 Å². The number of hydrogen-bond donors (Lipinski definition) is 2. The van der Waals surface area contributed by atoms with Gasteiger partial charge < -0.3 is 20.1 Å². The van der Waals surface area contributed by atoms with Crippen molar-refractivity contribution < 1.29 is 14.6 Å². The predicted molar refractivity (Wildman–Crippen MR) is 109 cm³/mol. The zero-order chi connectivity index (χ0) is 19.6. The molecule has 3 rings (SSSR count). The van der Waals surface area contributed by atoms with Gasteiger partial charge >= 0.3 is 0 Å². The van der Waals surface area contributed by atoms with Crippen LogP contribution in [0, 0.1) is 0 Å². The van der Waals surface area contributed by atoms with Gasteiger partial charge in [0.25, 0.3) is 5.91 Å². The maximum absolute atomic E-state index is 12.3. The molecule has 1 aliphatic heterocycles. The highest BCUT2D eigenvalue weighted by molar-refractivity contribution is 6.33. The zero-order valence-corrected chi connectivity index (χ0v) is 16.6. The van der Waals surface area contributed by atoms with Gasteiger partial charge in [-0.05, 0) is 36.2 Å². The predicted octanol–water partition coefficient (Wildman–Crippen LogP) is 3.95. The smallest absolute Gasteiger partial charge is 0.260 e. The molecule has 1 aliphatic rings. The summed E-state index contributed by atoms with van der Waals surface area (Å²) >= 11 is 6.16. The maximum Gasteiger partial charge on any atom is 0.260 e. The molecule has 0 saturated carbocycles. The zero-order valence-electron chi connectivity index (χ0n) is 15.8. The maximum atomic E-state index is 12.3. The minimum Gasteiger partial charge on any atom is -0.484 e. The van der Waals surface area contributed by atoms with E-state index in [0.717, 1.165) is 17.7 Å². The Morgan fingerprint density at radius 3 is 2.59 bits per heavy atom. The molecule has 0 spiro atoms. The number of nitrogens with zero attached hydrogens (tertiary/aromatic N) is 1. The molecule has 1 atom stereocenters. The summed E-state index contributed by atoms with van der Waals surface area (Å²) < 4.78 is 5.54. The topological polar surface area (TPSA) is 61.8 Å². The summed E-state index contributed by atoms with van der Waals surface area (Å²) in [5.41, 5.74) is 1.70. The van der Waals surface area contributed by atoms with Crippen LogP contribution in [0.1, 0.15) is 25.8 Å². The summed E-state index contributed by atoms with van der Waals surface area (Å²) in [6.45, 7) is 5.34. The van der Waals surface area contributed by atoms with Crippen LogP contribution in [-0.4, -0.2) is 41.7 Å². The lowest BCUT2D eigenvalue weighted by molar-refractivity contribution is -0.132. The first kappa shape index (κ1) is 21.1. The highest BCUT2D eigenvalue weighted by atomic mass is 35.5. The molecule has 5 nitrogen and oxygen atoms in total. The minimum absolute atomic E-state index is 0.00714. The van der Waals surface area contributed by atoms with Gasteiger partial charge in [0.05, 0.1) is 17.3 Å². The van der Waals surface area contributed by atoms with Crippen molar-refractivity contribution in [3.8, 4) is 5.75 Å². The van der Waals surface area contributed by atoms with Crippen molar-refractivity contribution in [3.63, 3.8) is 0 Å². The number of amides is 1. The van der Waals surface area contributed by atoms with Gasteiger partial charge in [-0.1, -0.05) is 49.7 Å². The van der Waals surface area contributed by atoms with E-state index in [2.05, 4.69) is 5.32 Å². The van der Waals surface area contributed by atoms with Crippen LogP contribution in [-0.2, 0) is 11.4 Å². The van der Waals surface area contributed by atoms with E-state index in [0.29, 0.717) is 23.9 Å². The number of aliphatic hydroxyl groups excluding tert-OH is 1. The summed E-state index contributed by atoms with van der Waals surface area (Å²) in [5.74, 6) is 0.588. The molecule has 1 amide bonds. The van der Waals surface area contributed by atoms with Crippen molar-refractivity contribution in [2.75, 3.05) is 25.0 Å². The third-order valence-corrected chi connectivity index (χ3v) is 4.57. The fourth-order valence-corrected chi connectivity index (χ4v) is 3.02. The van der Waals surface area contributed by atoms with Crippen molar-refractivity contribution in [2.45, 2.75) is 32.9 Å². The number of nitrogens with one attached hydrogen (secondary N) is 1. The Labute approximate surface area is 165 Å². The van der Waals surface area contributed by atoms with Crippen molar-refractivity contribution in [1.82, 2.24) is 4.90 Å². The fourth-order valence-electron chi connectivity index (χ4n) is 2.83. The number of benzene rings is 2. The number of hydrogen-bond acceptors (Lipinski definition) is 4. The standard InChI is InChI=1S/C19H21ClN2O3.C2H6/c20-17-3-1-2-4-18(17)21-15-9-10-22(11-15)19(24)13-25-16-7-5-14(12-23)6-8-16;1-2/h1-8,15,21,23H,9-13H2;1-2H3. The average molecular weight is 391 g/mol. The number of carbonyl (C=O) groups is 1. The molecular weight excluding hydrogens is 364 g/mol. The highest BCUT2D eigenvalue weighted by Crippen LogP contribution is 2.23. The van der Waals surface area contributed by atoms with Crippen LogP contribution in [0.15, 0.2) is 48.5 Å². The lowest BCUT2D eigenvalue weighted by atomic mass is 10.2. The Bertz CT molecular complexity index is 722.